The highest BCUT2D eigenvalue weighted by Crippen LogP contribution is 2.27. The van der Waals surface area contributed by atoms with E-state index in [1.807, 2.05) is 36.4 Å². The SMILES string of the molecule is Nc1ccc2cc3ccccc3nc2c1N. The molecule has 0 aliphatic carbocycles. The average molecular weight is 209 g/mol. The van der Waals surface area contributed by atoms with Crippen molar-refractivity contribution >= 4 is 33.2 Å². The quantitative estimate of drug-likeness (QED) is 0.441. The third kappa shape index (κ3) is 1.18. The molecule has 0 fully saturated rings. The molecular formula is C13H11N3. The normalized spacial score (nSPS) is 11.0. The Bertz CT molecular complexity index is 689. The maximum absolute atomic E-state index is 5.92. The van der Waals surface area contributed by atoms with Crippen molar-refractivity contribution < 1.29 is 0 Å². The van der Waals surface area contributed by atoms with Crippen molar-refractivity contribution in [2.75, 3.05) is 11.5 Å². The Balaban J connectivity index is 2.51. The van der Waals surface area contributed by atoms with Gasteiger partial charge in [0.1, 0.15) is 0 Å². The predicted octanol–water partition coefficient (Wildman–Crippen LogP) is 2.55. The number of fused-ring (bicyclic) bond motifs is 2. The minimum Gasteiger partial charge on any atom is -0.397 e. The van der Waals surface area contributed by atoms with Crippen molar-refractivity contribution in [3.05, 3.63) is 42.5 Å². The topological polar surface area (TPSA) is 64.9 Å². The third-order valence-electron chi connectivity index (χ3n) is 2.76. The van der Waals surface area contributed by atoms with Crippen LogP contribution < -0.4 is 11.5 Å². The molecular weight excluding hydrogens is 198 g/mol. The van der Waals surface area contributed by atoms with E-state index in [0.717, 1.165) is 21.8 Å². The highest BCUT2D eigenvalue weighted by atomic mass is 14.8. The molecule has 2 aromatic carbocycles. The Morgan fingerprint density at radius 3 is 2.56 bits per heavy atom. The summed E-state index contributed by atoms with van der Waals surface area (Å²) >= 11 is 0. The molecule has 1 heterocycles. The van der Waals surface area contributed by atoms with Crippen LogP contribution in [0.1, 0.15) is 0 Å². The van der Waals surface area contributed by atoms with Gasteiger partial charge in [0.15, 0.2) is 0 Å². The van der Waals surface area contributed by atoms with Gasteiger partial charge in [0, 0.05) is 10.8 Å². The average Bonchev–Trinajstić information content (AvgIpc) is 2.32. The van der Waals surface area contributed by atoms with Crippen LogP contribution in [0.3, 0.4) is 0 Å². The molecule has 0 aliphatic rings. The highest BCUT2D eigenvalue weighted by molar-refractivity contribution is 6.01. The fraction of sp³-hybridized carbons (Fsp3) is 0. The maximum Gasteiger partial charge on any atom is 0.0960 e. The van der Waals surface area contributed by atoms with Crippen LogP contribution in [0.4, 0.5) is 11.4 Å². The summed E-state index contributed by atoms with van der Waals surface area (Å²) in [5.74, 6) is 0. The van der Waals surface area contributed by atoms with E-state index in [1.54, 1.807) is 0 Å². The smallest absolute Gasteiger partial charge is 0.0960 e. The Kier molecular flexibility index (Phi) is 1.74. The number of benzene rings is 2. The van der Waals surface area contributed by atoms with Gasteiger partial charge in [0.25, 0.3) is 0 Å². The Morgan fingerprint density at radius 1 is 0.875 bits per heavy atom. The lowest BCUT2D eigenvalue weighted by atomic mass is 10.1. The number of hydrogen-bond acceptors (Lipinski definition) is 3. The van der Waals surface area contributed by atoms with Crippen molar-refractivity contribution in [3.8, 4) is 0 Å². The number of aromatic nitrogens is 1. The van der Waals surface area contributed by atoms with Gasteiger partial charge in [-0.15, -0.1) is 0 Å². The van der Waals surface area contributed by atoms with Gasteiger partial charge < -0.3 is 11.5 Å². The molecule has 0 bridgehead atoms. The summed E-state index contributed by atoms with van der Waals surface area (Å²) in [5.41, 5.74) is 14.5. The molecule has 3 heteroatoms. The van der Waals surface area contributed by atoms with Gasteiger partial charge >= 0.3 is 0 Å². The van der Waals surface area contributed by atoms with Crippen LogP contribution in [0.5, 0.6) is 0 Å². The summed E-state index contributed by atoms with van der Waals surface area (Å²) in [6, 6.07) is 13.8. The lowest BCUT2D eigenvalue weighted by molar-refractivity contribution is 1.50. The molecule has 78 valence electrons. The second-order valence-electron chi connectivity index (χ2n) is 3.82. The van der Waals surface area contributed by atoms with Gasteiger partial charge in [0.2, 0.25) is 0 Å². The molecule has 0 atom stereocenters. The molecule has 0 saturated carbocycles. The van der Waals surface area contributed by atoms with Gasteiger partial charge in [-0.05, 0) is 18.2 Å². The minimum atomic E-state index is 0.559. The first-order valence-electron chi connectivity index (χ1n) is 5.09. The van der Waals surface area contributed by atoms with Crippen LogP contribution in [0, 0.1) is 0 Å². The van der Waals surface area contributed by atoms with E-state index in [4.69, 9.17) is 11.5 Å². The highest BCUT2D eigenvalue weighted by Gasteiger charge is 2.04. The summed E-state index contributed by atoms with van der Waals surface area (Å²) in [6.45, 7) is 0. The molecule has 16 heavy (non-hydrogen) atoms. The summed E-state index contributed by atoms with van der Waals surface area (Å²) in [7, 11) is 0. The molecule has 4 N–H and O–H groups in total. The van der Waals surface area contributed by atoms with Crippen LogP contribution in [-0.4, -0.2) is 4.98 Å². The molecule has 0 amide bonds. The van der Waals surface area contributed by atoms with E-state index in [-0.39, 0.29) is 0 Å². The first-order chi connectivity index (χ1) is 7.75. The number of para-hydroxylation sites is 1. The monoisotopic (exact) mass is 209 g/mol. The Morgan fingerprint density at radius 2 is 1.69 bits per heavy atom. The molecule has 1 aromatic heterocycles. The molecule has 0 spiro atoms. The number of nitrogens with two attached hydrogens (primary N) is 2. The zero-order valence-corrected chi connectivity index (χ0v) is 8.64. The number of rotatable bonds is 0. The zero-order chi connectivity index (χ0) is 11.1. The van der Waals surface area contributed by atoms with E-state index < -0.39 is 0 Å². The van der Waals surface area contributed by atoms with Gasteiger partial charge in [-0.3, -0.25) is 0 Å². The summed E-state index contributed by atoms with van der Waals surface area (Å²) in [4.78, 5) is 4.53. The summed E-state index contributed by atoms with van der Waals surface area (Å²) in [5, 5.41) is 2.13. The molecule has 0 aliphatic heterocycles. The second kappa shape index (κ2) is 3.10. The van der Waals surface area contributed by atoms with E-state index >= 15 is 0 Å². The Labute approximate surface area is 92.7 Å². The largest absolute Gasteiger partial charge is 0.397 e. The first kappa shape index (κ1) is 8.97. The second-order valence-corrected chi connectivity index (χ2v) is 3.82. The number of pyridine rings is 1. The van der Waals surface area contributed by atoms with Crippen LogP contribution >= 0.6 is 0 Å². The number of nitrogens with zero attached hydrogens (tertiary/aromatic N) is 1. The van der Waals surface area contributed by atoms with Crippen LogP contribution in [-0.2, 0) is 0 Å². The maximum atomic E-state index is 5.92. The molecule has 3 aromatic rings. The van der Waals surface area contributed by atoms with Crippen LogP contribution in [0.15, 0.2) is 42.5 Å². The summed E-state index contributed by atoms with van der Waals surface area (Å²) in [6.07, 6.45) is 0. The lowest BCUT2D eigenvalue weighted by Gasteiger charge is -2.06. The van der Waals surface area contributed by atoms with Crippen molar-refractivity contribution in [2.45, 2.75) is 0 Å². The zero-order valence-electron chi connectivity index (χ0n) is 8.64. The predicted molar refractivity (Wildman–Crippen MR) is 68.1 cm³/mol. The van der Waals surface area contributed by atoms with E-state index in [2.05, 4.69) is 11.1 Å². The van der Waals surface area contributed by atoms with Gasteiger partial charge in [0.05, 0.1) is 22.4 Å². The van der Waals surface area contributed by atoms with Crippen molar-refractivity contribution in [2.24, 2.45) is 0 Å². The minimum absolute atomic E-state index is 0.559. The van der Waals surface area contributed by atoms with Gasteiger partial charge in [-0.25, -0.2) is 4.98 Å². The van der Waals surface area contributed by atoms with E-state index in [9.17, 15) is 0 Å². The fourth-order valence-corrected chi connectivity index (χ4v) is 1.88. The van der Waals surface area contributed by atoms with Crippen molar-refractivity contribution in [1.82, 2.24) is 4.98 Å². The molecule has 0 unspecified atom stereocenters. The molecule has 3 nitrogen and oxygen atoms in total. The van der Waals surface area contributed by atoms with Crippen LogP contribution in [0.2, 0.25) is 0 Å². The van der Waals surface area contributed by atoms with Gasteiger partial charge in [-0.2, -0.15) is 0 Å². The summed E-state index contributed by atoms with van der Waals surface area (Å²) < 4.78 is 0. The Hall–Kier alpha value is -2.29. The standard InChI is InChI=1S/C13H11N3/c14-10-6-5-9-7-8-3-1-2-4-11(8)16-13(9)12(10)15/h1-7H,14-15H2. The number of anilines is 2. The number of nitrogen functional groups attached to an aromatic ring is 2. The van der Waals surface area contributed by atoms with Crippen LogP contribution in [0.25, 0.3) is 21.8 Å². The number of hydrogen-bond donors (Lipinski definition) is 2. The van der Waals surface area contributed by atoms with Gasteiger partial charge in [-0.1, -0.05) is 24.3 Å². The lowest BCUT2D eigenvalue weighted by Crippen LogP contribution is -1.96. The van der Waals surface area contributed by atoms with Crippen molar-refractivity contribution in [1.29, 1.82) is 0 Å². The molecule has 0 saturated heterocycles. The third-order valence-corrected chi connectivity index (χ3v) is 2.76. The first-order valence-corrected chi connectivity index (χ1v) is 5.09. The van der Waals surface area contributed by atoms with E-state index in [1.165, 1.54) is 0 Å². The van der Waals surface area contributed by atoms with E-state index in [0.29, 0.717) is 11.4 Å². The fourth-order valence-electron chi connectivity index (χ4n) is 1.88. The molecule has 0 radical (unpaired) electrons. The van der Waals surface area contributed by atoms with Crippen molar-refractivity contribution in [3.63, 3.8) is 0 Å². The molecule has 3 rings (SSSR count).